The summed E-state index contributed by atoms with van der Waals surface area (Å²) in [5, 5.41) is 0. The molecule has 21 heavy (non-hydrogen) atoms. The van der Waals surface area contributed by atoms with Crippen LogP contribution in [-0.4, -0.2) is 27.4 Å². The summed E-state index contributed by atoms with van der Waals surface area (Å²) in [4.78, 5) is 0. The van der Waals surface area contributed by atoms with Crippen LogP contribution in [-0.2, 0) is 9.47 Å². The first-order chi connectivity index (χ1) is 10.0. The molecule has 0 aromatic heterocycles. The molecule has 2 atom stereocenters. The number of fused-ring (bicyclic) bond motifs is 1. The van der Waals surface area contributed by atoms with Crippen LogP contribution < -0.4 is 0 Å². The zero-order chi connectivity index (χ0) is 15.1. The van der Waals surface area contributed by atoms with Crippen molar-refractivity contribution in [2.24, 2.45) is 16.2 Å². The Morgan fingerprint density at radius 2 is 1.67 bits per heavy atom. The van der Waals surface area contributed by atoms with Crippen LogP contribution in [0.15, 0.2) is 36.9 Å². The normalized spacial score (nSPS) is 32.7. The largest absolute Gasteiger partial charge is 0.384 e. The van der Waals surface area contributed by atoms with Crippen molar-refractivity contribution in [3.05, 3.63) is 42.5 Å². The van der Waals surface area contributed by atoms with Gasteiger partial charge in [0.05, 0.1) is 13.2 Å². The molecule has 2 nitrogen and oxygen atoms in total. The van der Waals surface area contributed by atoms with Gasteiger partial charge >= 0.3 is 0 Å². The van der Waals surface area contributed by atoms with Gasteiger partial charge in [0.15, 0.2) is 0 Å². The van der Waals surface area contributed by atoms with E-state index in [1.165, 1.54) is 24.0 Å². The second-order valence-corrected chi connectivity index (χ2v) is 7.38. The minimum Gasteiger partial charge on any atom is -0.384 e. The molecule has 0 N–H and O–H groups in total. The summed E-state index contributed by atoms with van der Waals surface area (Å²) in [6.07, 6.45) is 3.56. The van der Waals surface area contributed by atoms with Crippen molar-refractivity contribution in [2.45, 2.75) is 26.2 Å². The maximum Gasteiger partial charge on any atom is 0.0541 e. The summed E-state index contributed by atoms with van der Waals surface area (Å²) in [5.74, 6) is 0. The zero-order valence-electron chi connectivity index (χ0n) is 13.4. The quantitative estimate of drug-likeness (QED) is 0.781. The Hall–Kier alpha value is -1.12. The summed E-state index contributed by atoms with van der Waals surface area (Å²) in [7, 11) is 3.59. The highest BCUT2D eigenvalue weighted by Crippen LogP contribution is 2.81. The zero-order valence-corrected chi connectivity index (χ0v) is 13.4. The molecule has 0 bridgehead atoms. The topological polar surface area (TPSA) is 18.5 Å². The van der Waals surface area contributed by atoms with E-state index < -0.39 is 0 Å². The van der Waals surface area contributed by atoms with Gasteiger partial charge in [-0.15, -0.1) is 0 Å². The monoisotopic (exact) mass is 286 g/mol. The van der Waals surface area contributed by atoms with Crippen LogP contribution in [0.5, 0.6) is 0 Å². The highest BCUT2D eigenvalue weighted by atomic mass is 16.5. The molecule has 0 saturated heterocycles. The first-order valence-electron chi connectivity index (χ1n) is 7.74. The Morgan fingerprint density at radius 1 is 1.05 bits per heavy atom. The summed E-state index contributed by atoms with van der Waals surface area (Å²) in [6.45, 7) is 8.44. The maximum atomic E-state index is 5.52. The van der Waals surface area contributed by atoms with Crippen molar-refractivity contribution in [1.82, 2.24) is 0 Å². The Bertz CT molecular complexity index is 530. The lowest BCUT2D eigenvalue weighted by molar-refractivity contribution is 0.00161. The lowest BCUT2D eigenvalue weighted by atomic mass is 9.79. The second kappa shape index (κ2) is 4.96. The van der Waals surface area contributed by atoms with Gasteiger partial charge in [0.25, 0.3) is 0 Å². The van der Waals surface area contributed by atoms with E-state index in [0.29, 0.717) is 5.41 Å². The van der Waals surface area contributed by atoms with E-state index in [1.807, 2.05) is 0 Å². The van der Waals surface area contributed by atoms with Gasteiger partial charge in [0.1, 0.15) is 0 Å². The van der Waals surface area contributed by atoms with Gasteiger partial charge in [0.2, 0.25) is 0 Å². The molecule has 0 aliphatic heterocycles. The Balaban J connectivity index is 1.88. The predicted molar refractivity (Wildman–Crippen MR) is 86.1 cm³/mol. The molecule has 3 rings (SSSR count). The van der Waals surface area contributed by atoms with Gasteiger partial charge in [-0.1, -0.05) is 43.8 Å². The summed E-state index contributed by atoms with van der Waals surface area (Å²) in [5.41, 5.74) is 3.34. The lowest BCUT2D eigenvalue weighted by Gasteiger charge is -2.31. The van der Waals surface area contributed by atoms with Gasteiger partial charge in [0, 0.05) is 25.0 Å². The molecule has 0 amide bonds. The molecule has 1 aromatic carbocycles. The van der Waals surface area contributed by atoms with Crippen molar-refractivity contribution in [2.75, 3.05) is 27.4 Å². The molecule has 2 aliphatic rings. The van der Waals surface area contributed by atoms with Crippen LogP contribution >= 0.6 is 0 Å². The van der Waals surface area contributed by atoms with E-state index in [4.69, 9.17) is 9.47 Å². The molecule has 1 aromatic rings. The third-order valence-corrected chi connectivity index (χ3v) is 5.77. The third-order valence-electron chi connectivity index (χ3n) is 5.77. The van der Waals surface area contributed by atoms with Crippen LogP contribution in [0.25, 0.3) is 5.57 Å². The molecular formula is C19H26O2. The number of rotatable bonds is 6. The molecule has 0 radical (unpaired) electrons. The van der Waals surface area contributed by atoms with Gasteiger partial charge in [-0.05, 0) is 35.8 Å². The molecule has 2 saturated carbocycles. The van der Waals surface area contributed by atoms with Gasteiger partial charge in [-0.3, -0.25) is 0 Å². The van der Waals surface area contributed by atoms with Crippen LogP contribution in [0.3, 0.4) is 0 Å². The van der Waals surface area contributed by atoms with E-state index in [0.717, 1.165) is 19.6 Å². The minimum absolute atomic E-state index is 0.147. The van der Waals surface area contributed by atoms with Crippen LogP contribution in [0.4, 0.5) is 0 Å². The second-order valence-electron chi connectivity index (χ2n) is 7.38. The van der Waals surface area contributed by atoms with Gasteiger partial charge in [-0.2, -0.15) is 0 Å². The van der Waals surface area contributed by atoms with E-state index >= 15 is 0 Å². The fourth-order valence-electron chi connectivity index (χ4n) is 5.01. The SMILES string of the molecule is C=C(c1ccccc1)[C@@]12CC(COC)(COC)C[C@]1(C)C2. The number of hydrogen-bond donors (Lipinski definition) is 0. The van der Waals surface area contributed by atoms with Crippen molar-refractivity contribution >= 4 is 5.57 Å². The fraction of sp³-hybridized carbons (Fsp3) is 0.579. The maximum absolute atomic E-state index is 5.52. The minimum atomic E-state index is 0.147. The van der Waals surface area contributed by atoms with Crippen molar-refractivity contribution in [1.29, 1.82) is 0 Å². The first-order valence-corrected chi connectivity index (χ1v) is 7.74. The van der Waals surface area contributed by atoms with Gasteiger partial charge in [-0.25, -0.2) is 0 Å². The standard InChI is InChI=1S/C19H26O2/c1-15(16-8-6-5-7-9-16)19-11-17(19,2)10-18(12-19,13-20-3)14-21-4/h5-9H,1,10-14H2,2-4H3/t17-,19-/m1/s1. The Kier molecular flexibility index (Phi) is 3.50. The van der Waals surface area contributed by atoms with E-state index in [9.17, 15) is 0 Å². The Morgan fingerprint density at radius 3 is 2.24 bits per heavy atom. The summed E-state index contributed by atoms with van der Waals surface area (Å²) < 4.78 is 11.0. The summed E-state index contributed by atoms with van der Waals surface area (Å²) in [6, 6.07) is 10.6. The lowest BCUT2D eigenvalue weighted by Crippen LogP contribution is -2.31. The first kappa shape index (κ1) is 14.8. The van der Waals surface area contributed by atoms with Crippen LogP contribution in [0, 0.1) is 16.2 Å². The highest BCUT2D eigenvalue weighted by Gasteiger charge is 2.73. The highest BCUT2D eigenvalue weighted by molar-refractivity contribution is 5.73. The van der Waals surface area contributed by atoms with Gasteiger partial charge < -0.3 is 9.47 Å². The molecule has 0 spiro atoms. The van der Waals surface area contributed by atoms with Crippen molar-refractivity contribution < 1.29 is 9.47 Å². The van der Waals surface area contributed by atoms with E-state index in [2.05, 4.69) is 43.8 Å². The third kappa shape index (κ3) is 2.16. The average molecular weight is 286 g/mol. The number of methoxy groups -OCH3 is 2. The average Bonchev–Trinajstić information content (AvgIpc) is 2.95. The van der Waals surface area contributed by atoms with Crippen LogP contribution in [0.2, 0.25) is 0 Å². The van der Waals surface area contributed by atoms with Crippen molar-refractivity contribution in [3.63, 3.8) is 0 Å². The molecule has 2 aliphatic carbocycles. The fourth-order valence-corrected chi connectivity index (χ4v) is 5.01. The number of ether oxygens (including phenoxy) is 2. The molecule has 114 valence electrons. The Labute approximate surface area is 128 Å². The van der Waals surface area contributed by atoms with Crippen LogP contribution in [0.1, 0.15) is 31.7 Å². The van der Waals surface area contributed by atoms with E-state index in [1.54, 1.807) is 14.2 Å². The molecule has 0 unspecified atom stereocenters. The molecule has 0 heterocycles. The molecule has 2 heteroatoms. The number of hydrogen-bond acceptors (Lipinski definition) is 2. The molecular weight excluding hydrogens is 260 g/mol. The predicted octanol–water partition coefficient (Wildman–Crippen LogP) is 4.17. The number of allylic oxidation sites excluding steroid dienone is 1. The van der Waals surface area contributed by atoms with E-state index in [-0.39, 0.29) is 10.8 Å². The molecule has 2 fully saturated rings. The number of benzene rings is 1. The summed E-state index contributed by atoms with van der Waals surface area (Å²) >= 11 is 0. The smallest absolute Gasteiger partial charge is 0.0541 e. The van der Waals surface area contributed by atoms with Crippen molar-refractivity contribution in [3.8, 4) is 0 Å².